The van der Waals surface area contributed by atoms with Gasteiger partial charge < -0.3 is 14.5 Å². The molecule has 0 radical (unpaired) electrons. The number of anilines is 1. The summed E-state index contributed by atoms with van der Waals surface area (Å²) in [5.74, 6) is -1.20. The van der Waals surface area contributed by atoms with Crippen LogP contribution in [-0.2, 0) is 19.6 Å². The third-order valence-corrected chi connectivity index (χ3v) is 8.61. The van der Waals surface area contributed by atoms with Crippen LogP contribution in [0.5, 0.6) is 0 Å². The molecule has 0 aliphatic carbocycles. The standard InChI is InChI=1S/C30H29N3O6S/c1-18(2)27(30(35)38-5)33(4)40(36,37)24-15-11-21(12-16-24)20-9-13-23(14-10-20)32-29(34)28-19(3)26-22(17-31)7-6-8-25(26)39-28/h6-16,18,27H,1-5H3,(H,32,34). The second-order valence-electron chi connectivity index (χ2n) is 9.64. The van der Waals surface area contributed by atoms with E-state index in [1.54, 1.807) is 75.4 Å². The van der Waals surface area contributed by atoms with Gasteiger partial charge in [0.2, 0.25) is 10.0 Å². The van der Waals surface area contributed by atoms with Crippen molar-refractivity contribution in [2.24, 2.45) is 5.92 Å². The van der Waals surface area contributed by atoms with Crippen molar-refractivity contribution in [2.75, 3.05) is 19.5 Å². The third-order valence-electron chi connectivity index (χ3n) is 6.75. The van der Waals surface area contributed by atoms with Crippen molar-refractivity contribution in [1.29, 1.82) is 5.26 Å². The molecule has 1 unspecified atom stereocenters. The quantitative estimate of drug-likeness (QED) is 0.288. The minimum absolute atomic E-state index is 0.0537. The van der Waals surface area contributed by atoms with Gasteiger partial charge in [-0.05, 0) is 60.4 Å². The van der Waals surface area contributed by atoms with Crippen molar-refractivity contribution >= 4 is 38.6 Å². The molecule has 0 saturated carbocycles. The van der Waals surface area contributed by atoms with Crippen molar-refractivity contribution in [3.05, 3.63) is 83.6 Å². The van der Waals surface area contributed by atoms with Crippen LogP contribution in [0.4, 0.5) is 5.69 Å². The molecule has 0 saturated heterocycles. The molecule has 0 bridgehead atoms. The number of aryl methyl sites for hydroxylation is 1. The van der Waals surface area contributed by atoms with Crippen LogP contribution >= 0.6 is 0 Å². The number of hydrogen-bond donors (Lipinski definition) is 1. The molecule has 1 aromatic heterocycles. The van der Waals surface area contributed by atoms with Gasteiger partial charge in [0.25, 0.3) is 5.91 Å². The summed E-state index contributed by atoms with van der Waals surface area (Å²) in [6.45, 7) is 5.25. The van der Waals surface area contributed by atoms with E-state index in [2.05, 4.69) is 11.4 Å². The number of likely N-dealkylation sites (N-methyl/N-ethyl adjacent to an activating group) is 1. The number of esters is 1. The summed E-state index contributed by atoms with van der Waals surface area (Å²) in [6.07, 6.45) is 0. The molecular formula is C30H29N3O6S. The number of hydrogen-bond acceptors (Lipinski definition) is 7. The van der Waals surface area contributed by atoms with E-state index in [9.17, 15) is 23.3 Å². The van der Waals surface area contributed by atoms with E-state index in [1.165, 1.54) is 26.3 Å². The van der Waals surface area contributed by atoms with Crippen LogP contribution in [0.25, 0.3) is 22.1 Å². The number of benzene rings is 3. The number of nitriles is 1. The van der Waals surface area contributed by atoms with Gasteiger partial charge in [0, 0.05) is 23.7 Å². The number of amides is 1. The van der Waals surface area contributed by atoms with Gasteiger partial charge in [0.05, 0.1) is 23.6 Å². The fourth-order valence-electron chi connectivity index (χ4n) is 4.64. The fraction of sp³-hybridized carbons (Fsp3) is 0.233. The largest absolute Gasteiger partial charge is 0.468 e. The highest BCUT2D eigenvalue weighted by Gasteiger charge is 2.35. The number of nitrogens with zero attached hydrogens (tertiary/aromatic N) is 2. The monoisotopic (exact) mass is 559 g/mol. The van der Waals surface area contributed by atoms with Crippen molar-refractivity contribution in [1.82, 2.24) is 4.31 Å². The predicted octanol–water partition coefficient (Wildman–Crippen LogP) is 5.35. The van der Waals surface area contributed by atoms with Gasteiger partial charge in [0.1, 0.15) is 11.6 Å². The van der Waals surface area contributed by atoms with Gasteiger partial charge in [-0.1, -0.05) is 44.2 Å². The molecular weight excluding hydrogens is 530 g/mol. The summed E-state index contributed by atoms with van der Waals surface area (Å²) in [5.41, 5.74) is 3.62. The summed E-state index contributed by atoms with van der Waals surface area (Å²) >= 11 is 0. The maximum atomic E-state index is 13.2. The minimum Gasteiger partial charge on any atom is -0.468 e. The molecule has 3 aromatic carbocycles. The van der Waals surface area contributed by atoms with E-state index in [4.69, 9.17) is 9.15 Å². The van der Waals surface area contributed by atoms with Crippen molar-refractivity contribution < 1.29 is 27.2 Å². The highest BCUT2D eigenvalue weighted by Crippen LogP contribution is 2.30. The van der Waals surface area contributed by atoms with Gasteiger partial charge in [0.15, 0.2) is 5.76 Å². The molecule has 0 aliphatic rings. The summed E-state index contributed by atoms with van der Waals surface area (Å²) in [7, 11) is -1.34. The van der Waals surface area contributed by atoms with E-state index in [0.717, 1.165) is 15.4 Å². The van der Waals surface area contributed by atoms with E-state index >= 15 is 0 Å². The third kappa shape index (κ3) is 5.34. The molecule has 1 amide bonds. The Hall–Kier alpha value is -4.46. The molecule has 0 aliphatic heterocycles. The number of carbonyl (C=O) groups excluding carboxylic acids is 2. The lowest BCUT2D eigenvalue weighted by Gasteiger charge is -2.28. The summed E-state index contributed by atoms with van der Waals surface area (Å²) < 4.78 is 37.9. The molecule has 1 heterocycles. The molecule has 206 valence electrons. The van der Waals surface area contributed by atoms with Gasteiger partial charge in [-0.25, -0.2) is 8.42 Å². The number of sulfonamides is 1. The SMILES string of the molecule is COC(=O)C(C(C)C)N(C)S(=O)(=O)c1ccc(-c2ccc(NC(=O)c3oc4cccc(C#N)c4c3C)cc2)cc1. The molecule has 4 aromatic rings. The Bertz CT molecular complexity index is 1720. The second-order valence-corrected chi connectivity index (χ2v) is 11.6. The van der Waals surface area contributed by atoms with Gasteiger partial charge in [-0.2, -0.15) is 9.57 Å². The number of carbonyl (C=O) groups is 2. The van der Waals surface area contributed by atoms with Crippen LogP contribution in [0.15, 0.2) is 76.0 Å². The number of nitrogens with one attached hydrogen (secondary N) is 1. The first-order chi connectivity index (χ1) is 19.0. The lowest BCUT2D eigenvalue weighted by Crippen LogP contribution is -2.46. The summed E-state index contributed by atoms with van der Waals surface area (Å²) in [4.78, 5) is 25.2. The number of rotatable bonds is 8. The highest BCUT2D eigenvalue weighted by molar-refractivity contribution is 7.89. The Morgan fingerprint density at radius 1 is 1.00 bits per heavy atom. The molecule has 9 nitrogen and oxygen atoms in total. The smallest absolute Gasteiger partial charge is 0.324 e. The van der Waals surface area contributed by atoms with Crippen LogP contribution in [0, 0.1) is 24.2 Å². The second kappa shape index (κ2) is 11.3. The minimum atomic E-state index is -3.94. The van der Waals surface area contributed by atoms with Crippen molar-refractivity contribution in [2.45, 2.75) is 31.7 Å². The first-order valence-corrected chi connectivity index (χ1v) is 13.9. The maximum absolute atomic E-state index is 13.2. The molecule has 1 atom stereocenters. The zero-order valence-electron chi connectivity index (χ0n) is 22.8. The topological polar surface area (TPSA) is 130 Å². The molecule has 0 fully saturated rings. The average Bonchev–Trinajstić information content (AvgIpc) is 3.29. The lowest BCUT2D eigenvalue weighted by molar-refractivity contribution is -0.146. The van der Waals surface area contributed by atoms with Crippen LogP contribution < -0.4 is 5.32 Å². The van der Waals surface area contributed by atoms with Crippen LogP contribution in [0.3, 0.4) is 0 Å². The lowest BCUT2D eigenvalue weighted by atomic mass is 10.1. The van der Waals surface area contributed by atoms with Crippen molar-refractivity contribution in [3.8, 4) is 17.2 Å². The van der Waals surface area contributed by atoms with E-state index in [-0.39, 0.29) is 16.6 Å². The highest BCUT2D eigenvalue weighted by atomic mass is 32.2. The van der Waals surface area contributed by atoms with Crippen LogP contribution in [0.1, 0.15) is 35.5 Å². The number of furan rings is 1. The molecule has 4 rings (SSSR count). The van der Waals surface area contributed by atoms with Gasteiger partial charge in [-0.15, -0.1) is 0 Å². The molecule has 0 spiro atoms. The van der Waals surface area contributed by atoms with Gasteiger partial charge >= 0.3 is 5.97 Å². The first kappa shape index (κ1) is 28.5. The van der Waals surface area contributed by atoms with E-state index in [1.807, 2.05) is 0 Å². The van der Waals surface area contributed by atoms with Crippen molar-refractivity contribution in [3.63, 3.8) is 0 Å². The fourth-order valence-corrected chi connectivity index (χ4v) is 6.08. The van der Waals surface area contributed by atoms with Crippen LogP contribution in [0.2, 0.25) is 0 Å². The van der Waals surface area contributed by atoms with Gasteiger partial charge in [-0.3, -0.25) is 9.59 Å². The Morgan fingerprint density at radius 2 is 1.60 bits per heavy atom. The maximum Gasteiger partial charge on any atom is 0.324 e. The Morgan fingerprint density at radius 3 is 2.15 bits per heavy atom. The predicted molar refractivity (Wildman–Crippen MR) is 151 cm³/mol. The van der Waals surface area contributed by atoms with E-state index < -0.39 is 27.9 Å². The Labute approximate surface area is 233 Å². The zero-order chi connectivity index (χ0) is 29.2. The summed E-state index contributed by atoms with van der Waals surface area (Å²) in [6, 6.07) is 19.7. The zero-order valence-corrected chi connectivity index (χ0v) is 23.6. The Kier molecular flexibility index (Phi) is 8.09. The first-order valence-electron chi connectivity index (χ1n) is 12.5. The molecule has 10 heteroatoms. The number of ether oxygens (including phenoxy) is 1. The molecule has 1 N–H and O–H groups in total. The van der Waals surface area contributed by atoms with Crippen LogP contribution in [-0.4, -0.2) is 44.8 Å². The normalized spacial score (nSPS) is 12.3. The average molecular weight is 560 g/mol. The number of methoxy groups -OCH3 is 1. The summed E-state index contributed by atoms with van der Waals surface area (Å²) in [5, 5.41) is 12.8. The molecule has 40 heavy (non-hydrogen) atoms. The van der Waals surface area contributed by atoms with E-state index in [0.29, 0.717) is 27.8 Å². The number of fused-ring (bicyclic) bond motifs is 1. The Balaban J connectivity index is 1.51.